The first-order valence-corrected chi connectivity index (χ1v) is 10.6. The number of amides is 1. The van der Waals surface area contributed by atoms with Crippen LogP contribution in [0.5, 0.6) is 0 Å². The lowest BCUT2D eigenvalue weighted by atomic mass is 9.88. The molecule has 2 fully saturated rings. The van der Waals surface area contributed by atoms with Gasteiger partial charge in [0.15, 0.2) is 5.65 Å². The summed E-state index contributed by atoms with van der Waals surface area (Å²) in [5.74, 6) is -2.21. The van der Waals surface area contributed by atoms with Crippen LogP contribution in [0.4, 0.5) is 26.1 Å². The fourth-order valence-electron chi connectivity index (χ4n) is 4.05. The van der Waals surface area contributed by atoms with Crippen molar-refractivity contribution in [1.82, 2.24) is 24.5 Å². The molecule has 2 atom stereocenters. The van der Waals surface area contributed by atoms with Gasteiger partial charge in [-0.25, -0.2) is 13.8 Å². The lowest BCUT2D eigenvalue weighted by Crippen LogP contribution is -2.41. The molecule has 10 nitrogen and oxygen atoms in total. The zero-order valence-corrected chi connectivity index (χ0v) is 18.0. The summed E-state index contributed by atoms with van der Waals surface area (Å²) in [7, 11) is 3.29. The minimum Gasteiger partial charge on any atom is -0.379 e. The van der Waals surface area contributed by atoms with Crippen LogP contribution >= 0.6 is 0 Å². The van der Waals surface area contributed by atoms with Gasteiger partial charge in [0.05, 0.1) is 18.3 Å². The van der Waals surface area contributed by atoms with Crippen molar-refractivity contribution in [1.29, 1.82) is 0 Å². The van der Waals surface area contributed by atoms with Crippen LogP contribution in [-0.2, 0) is 4.74 Å². The lowest BCUT2D eigenvalue weighted by molar-refractivity contribution is -0.104. The highest BCUT2D eigenvalue weighted by Crippen LogP contribution is 2.44. The SMILES string of the molecule is CNc1cc(Nc2cccn(C3CC(F)(F)C3)c2=O)nc2c(C(=O)N[C@@H]3C[C@H]3OC)cnn12. The molecule has 3 heterocycles. The Morgan fingerprint density at radius 1 is 1.33 bits per heavy atom. The van der Waals surface area contributed by atoms with Crippen LogP contribution in [0.25, 0.3) is 5.65 Å². The van der Waals surface area contributed by atoms with Crippen molar-refractivity contribution in [2.45, 2.75) is 43.4 Å². The van der Waals surface area contributed by atoms with Crippen LogP contribution in [0.15, 0.2) is 35.4 Å². The second kappa shape index (κ2) is 7.80. The molecule has 3 aromatic rings. The molecule has 12 heteroatoms. The largest absolute Gasteiger partial charge is 0.379 e. The third-order valence-corrected chi connectivity index (χ3v) is 6.02. The number of fused-ring (bicyclic) bond motifs is 1. The Kier molecular flexibility index (Phi) is 5.04. The summed E-state index contributed by atoms with van der Waals surface area (Å²) in [5.41, 5.74) is 0.347. The predicted molar refractivity (Wildman–Crippen MR) is 116 cm³/mol. The molecule has 174 valence electrons. The topological polar surface area (TPSA) is 115 Å². The van der Waals surface area contributed by atoms with Crippen molar-refractivity contribution in [3.8, 4) is 0 Å². The Morgan fingerprint density at radius 3 is 2.79 bits per heavy atom. The first kappa shape index (κ1) is 21.3. The summed E-state index contributed by atoms with van der Waals surface area (Å²) >= 11 is 0. The highest BCUT2D eigenvalue weighted by molar-refractivity contribution is 6.00. The van der Waals surface area contributed by atoms with Crippen molar-refractivity contribution >= 4 is 28.9 Å². The molecule has 2 aliphatic rings. The van der Waals surface area contributed by atoms with Crippen LogP contribution in [0.1, 0.15) is 35.7 Å². The van der Waals surface area contributed by atoms with Gasteiger partial charge < -0.3 is 25.3 Å². The van der Waals surface area contributed by atoms with Gasteiger partial charge in [0.2, 0.25) is 0 Å². The maximum Gasteiger partial charge on any atom is 0.274 e. The predicted octanol–water partition coefficient (Wildman–Crippen LogP) is 2.16. The summed E-state index contributed by atoms with van der Waals surface area (Å²) < 4.78 is 34.6. The normalized spacial score (nSPS) is 21.5. The van der Waals surface area contributed by atoms with E-state index < -0.39 is 17.5 Å². The van der Waals surface area contributed by atoms with Crippen molar-refractivity contribution in [2.75, 3.05) is 24.8 Å². The molecule has 3 aromatic heterocycles. The average Bonchev–Trinajstić information content (AvgIpc) is 3.38. The van der Waals surface area contributed by atoms with Crippen molar-refractivity contribution in [3.05, 3.63) is 46.5 Å². The molecule has 0 aliphatic heterocycles. The number of carbonyl (C=O) groups is 1. The van der Waals surface area contributed by atoms with Gasteiger partial charge in [-0.1, -0.05) is 0 Å². The summed E-state index contributed by atoms with van der Waals surface area (Å²) in [6.45, 7) is 0. The zero-order valence-electron chi connectivity index (χ0n) is 18.0. The van der Waals surface area contributed by atoms with Gasteiger partial charge in [0.25, 0.3) is 17.4 Å². The molecular formula is C21H23F2N7O3. The van der Waals surface area contributed by atoms with E-state index in [9.17, 15) is 18.4 Å². The van der Waals surface area contributed by atoms with Crippen LogP contribution in [0.3, 0.4) is 0 Å². The number of halogens is 2. The fraction of sp³-hybridized carbons (Fsp3) is 0.429. The number of ether oxygens (including phenoxy) is 1. The van der Waals surface area contributed by atoms with Crippen LogP contribution in [0.2, 0.25) is 0 Å². The minimum atomic E-state index is -2.73. The molecule has 0 bridgehead atoms. The number of anilines is 3. The molecule has 2 saturated carbocycles. The first-order chi connectivity index (χ1) is 15.8. The lowest BCUT2D eigenvalue weighted by Gasteiger charge is -2.36. The quantitative estimate of drug-likeness (QED) is 0.496. The van der Waals surface area contributed by atoms with Gasteiger partial charge in [-0.2, -0.15) is 9.61 Å². The second-order valence-corrected chi connectivity index (χ2v) is 8.34. The van der Waals surface area contributed by atoms with Crippen molar-refractivity contribution in [2.24, 2.45) is 0 Å². The van der Waals surface area contributed by atoms with Crippen LogP contribution < -0.4 is 21.5 Å². The van der Waals surface area contributed by atoms with E-state index in [0.717, 1.165) is 6.42 Å². The van der Waals surface area contributed by atoms with E-state index >= 15 is 0 Å². The van der Waals surface area contributed by atoms with Gasteiger partial charge in [-0.05, 0) is 18.6 Å². The summed E-state index contributed by atoms with van der Waals surface area (Å²) in [4.78, 5) is 30.1. The van der Waals surface area contributed by atoms with E-state index in [1.54, 1.807) is 32.4 Å². The maximum absolute atomic E-state index is 13.3. The molecule has 1 amide bonds. The Bertz CT molecular complexity index is 1280. The number of aromatic nitrogens is 4. The number of rotatable bonds is 7. The molecular weight excluding hydrogens is 436 g/mol. The molecule has 0 unspecified atom stereocenters. The summed E-state index contributed by atoms with van der Waals surface area (Å²) in [6, 6.07) is 4.22. The van der Waals surface area contributed by atoms with Crippen molar-refractivity contribution in [3.63, 3.8) is 0 Å². The number of carbonyl (C=O) groups excluding carboxylic acids is 1. The monoisotopic (exact) mass is 459 g/mol. The zero-order chi connectivity index (χ0) is 23.3. The first-order valence-electron chi connectivity index (χ1n) is 10.6. The van der Waals surface area contributed by atoms with E-state index in [4.69, 9.17) is 4.74 Å². The standard InChI is InChI=1S/C21H23F2N7O3/c1-24-17-7-16(26-13-4-3-5-29(20(13)32)11-8-21(22,23)9-11)28-18-12(10-25-30(17)18)19(31)27-14-6-15(14)33-2/h3-5,7,10-11,14-15,24H,6,8-9H2,1-2H3,(H,26,28)(H,27,31)/t14-,15-/m1/s1. The Morgan fingerprint density at radius 2 is 2.12 bits per heavy atom. The Hall–Kier alpha value is -3.54. The molecule has 0 radical (unpaired) electrons. The number of alkyl halides is 2. The number of methoxy groups -OCH3 is 1. The molecule has 0 saturated heterocycles. The number of nitrogens with one attached hydrogen (secondary N) is 3. The molecule has 33 heavy (non-hydrogen) atoms. The smallest absolute Gasteiger partial charge is 0.274 e. The Labute approximate surface area is 186 Å². The second-order valence-electron chi connectivity index (χ2n) is 8.34. The minimum absolute atomic E-state index is 0.00436. The molecule has 3 N–H and O–H groups in total. The number of pyridine rings is 1. The van der Waals surface area contributed by atoms with E-state index in [0.29, 0.717) is 17.3 Å². The van der Waals surface area contributed by atoms with Crippen LogP contribution in [-0.4, -0.2) is 57.3 Å². The highest BCUT2D eigenvalue weighted by Gasteiger charge is 2.46. The van der Waals surface area contributed by atoms with Gasteiger partial charge >= 0.3 is 0 Å². The van der Waals surface area contributed by atoms with E-state index in [1.807, 2.05) is 0 Å². The molecule has 5 rings (SSSR count). The van der Waals surface area contributed by atoms with Gasteiger partial charge in [0.1, 0.15) is 22.9 Å². The van der Waals surface area contributed by atoms with E-state index in [2.05, 4.69) is 26.0 Å². The number of hydrogen-bond donors (Lipinski definition) is 3. The van der Waals surface area contributed by atoms with Gasteiger partial charge in [0, 0.05) is 45.3 Å². The molecule has 0 aromatic carbocycles. The van der Waals surface area contributed by atoms with E-state index in [-0.39, 0.29) is 42.1 Å². The number of nitrogens with zero attached hydrogens (tertiary/aromatic N) is 4. The van der Waals surface area contributed by atoms with E-state index in [1.165, 1.54) is 21.5 Å². The number of hydrogen-bond acceptors (Lipinski definition) is 7. The summed E-state index contributed by atoms with van der Waals surface area (Å²) in [6.07, 6.45) is 2.97. The molecule has 0 spiro atoms. The van der Waals surface area contributed by atoms with Gasteiger partial charge in [-0.3, -0.25) is 9.59 Å². The van der Waals surface area contributed by atoms with Gasteiger partial charge in [-0.15, -0.1) is 0 Å². The highest BCUT2D eigenvalue weighted by atomic mass is 19.3. The third-order valence-electron chi connectivity index (χ3n) is 6.02. The maximum atomic E-state index is 13.3. The summed E-state index contributed by atoms with van der Waals surface area (Å²) in [5, 5.41) is 13.1. The van der Waals surface area contributed by atoms with Crippen molar-refractivity contribution < 1.29 is 18.3 Å². The Balaban J connectivity index is 1.44. The molecule has 2 aliphatic carbocycles. The average molecular weight is 459 g/mol. The van der Waals surface area contributed by atoms with Crippen LogP contribution in [0, 0.1) is 0 Å². The third kappa shape index (κ3) is 3.90. The fourth-order valence-corrected chi connectivity index (χ4v) is 4.05.